The maximum absolute atomic E-state index is 12.3. The number of nitrogens with one attached hydrogen (secondary N) is 1. The highest BCUT2D eigenvalue weighted by molar-refractivity contribution is 9.10. The minimum absolute atomic E-state index is 0.160. The van der Waals surface area contributed by atoms with Crippen LogP contribution in [0.5, 0.6) is 0 Å². The Morgan fingerprint density at radius 3 is 2.32 bits per heavy atom. The zero-order valence-corrected chi connectivity index (χ0v) is 14.6. The fourth-order valence-corrected chi connectivity index (χ4v) is 2.83. The number of unbranched alkanes of at least 4 members (excludes halogenated alkanes) is 1. The molecule has 0 radical (unpaired) electrons. The fraction of sp³-hybridized carbons (Fsp3) is 0.600. The maximum Gasteiger partial charge on any atom is 0.136 e. The molecule has 1 N–H and O–H groups in total. The van der Waals surface area contributed by atoms with Crippen LogP contribution < -0.4 is 4.72 Å². The van der Waals surface area contributed by atoms with Gasteiger partial charge >= 0.3 is 0 Å². The molecular formula is C15H24BrNOS. The second kappa shape index (κ2) is 7.67. The Morgan fingerprint density at radius 2 is 1.84 bits per heavy atom. The van der Waals surface area contributed by atoms with Gasteiger partial charge in [0, 0.05) is 15.8 Å². The van der Waals surface area contributed by atoms with Gasteiger partial charge in [-0.05, 0) is 44.9 Å². The average molecular weight is 346 g/mol. The average Bonchev–Trinajstić information content (AvgIpc) is 2.34. The van der Waals surface area contributed by atoms with E-state index in [4.69, 9.17) is 0 Å². The molecule has 0 aliphatic rings. The maximum atomic E-state index is 12.3. The fourth-order valence-electron chi connectivity index (χ4n) is 1.70. The van der Waals surface area contributed by atoms with Crippen LogP contribution in [-0.4, -0.2) is 9.30 Å². The molecule has 2 atom stereocenters. The lowest BCUT2D eigenvalue weighted by molar-refractivity contribution is 0.502. The lowest BCUT2D eigenvalue weighted by Crippen LogP contribution is -2.41. The van der Waals surface area contributed by atoms with Gasteiger partial charge in [0.25, 0.3) is 0 Å². The Kier molecular flexibility index (Phi) is 6.87. The Balaban J connectivity index is 2.79. The number of halogens is 1. The van der Waals surface area contributed by atoms with E-state index in [1.165, 1.54) is 5.56 Å². The smallest absolute Gasteiger partial charge is 0.136 e. The molecule has 1 rings (SSSR count). The van der Waals surface area contributed by atoms with Crippen molar-refractivity contribution in [3.05, 3.63) is 34.3 Å². The molecule has 1 aromatic carbocycles. The standard InChI is InChI=1S/C15H24BrNOS/c1-5-6-7-14(17-19(18)15(2,3)4)12-8-10-13(16)11-9-12/h8-11,14,17H,5-7H2,1-4H3. The summed E-state index contributed by atoms with van der Waals surface area (Å²) in [5, 5.41) is 0. The van der Waals surface area contributed by atoms with Gasteiger partial charge in [-0.3, -0.25) is 0 Å². The van der Waals surface area contributed by atoms with Gasteiger partial charge in [-0.25, -0.2) is 0 Å². The Hall–Kier alpha value is -0.0300. The third kappa shape index (κ3) is 5.86. The minimum Gasteiger partial charge on any atom is -0.598 e. The molecule has 2 unspecified atom stereocenters. The van der Waals surface area contributed by atoms with Gasteiger partial charge in [0.05, 0.1) is 6.04 Å². The Labute approximate surface area is 128 Å². The topological polar surface area (TPSA) is 35.1 Å². The van der Waals surface area contributed by atoms with E-state index in [0.29, 0.717) is 0 Å². The number of hydrogen-bond acceptors (Lipinski definition) is 2. The molecule has 0 fully saturated rings. The van der Waals surface area contributed by atoms with Crippen LogP contribution in [0.1, 0.15) is 58.6 Å². The predicted molar refractivity (Wildman–Crippen MR) is 87.4 cm³/mol. The van der Waals surface area contributed by atoms with E-state index in [1.54, 1.807) is 0 Å². The molecule has 0 aliphatic carbocycles. The summed E-state index contributed by atoms with van der Waals surface area (Å²) in [7, 11) is 0. The molecule has 0 saturated heterocycles. The van der Waals surface area contributed by atoms with Crippen LogP contribution in [0.15, 0.2) is 28.7 Å². The normalized spacial score (nSPS) is 15.3. The van der Waals surface area contributed by atoms with Crippen molar-refractivity contribution in [3.63, 3.8) is 0 Å². The van der Waals surface area contributed by atoms with Gasteiger partial charge in [0.2, 0.25) is 0 Å². The number of benzene rings is 1. The van der Waals surface area contributed by atoms with Crippen molar-refractivity contribution in [1.82, 2.24) is 4.72 Å². The van der Waals surface area contributed by atoms with Crippen LogP contribution in [0.25, 0.3) is 0 Å². The molecule has 4 heteroatoms. The molecule has 0 saturated carbocycles. The van der Waals surface area contributed by atoms with Crippen molar-refractivity contribution in [3.8, 4) is 0 Å². The van der Waals surface area contributed by atoms with Gasteiger partial charge in [-0.2, -0.15) is 0 Å². The molecule has 0 spiro atoms. The van der Waals surface area contributed by atoms with E-state index in [0.717, 1.165) is 23.7 Å². The molecule has 0 amide bonds. The van der Waals surface area contributed by atoms with Crippen LogP contribution in [0.3, 0.4) is 0 Å². The third-order valence-corrected chi connectivity index (χ3v) is 5.06. The summed E-state index contributed by atoms with van der Waals surface area (Å²) in [5.74, 6) is 0. The van der Waals surface area contributed by atoms with Crippen molar-refractivity contribution in [2.75, 3.05) is 0 Å². The van der Waals surface area contributed by atoms with Crippen LogP contribution in [0.4, 0.5) is 0 Å². The molecule has 19 heavy (non-hydrogen) atoms. The molecule has 1 aromatic rings. The quantitative estimate of drug-likeness (QED) is 0.756. The summed E-state index contributed by atoms with van der Waals surface area (Å²) in [4.78, 5) is 0. The van der Waals surface area contributed by atoms with E-state index in [1.807, 2.05) is 32.9 Å². The zero-order valence-electron chi connectivity index (χ0n) is 12.2. The third-order valence-electron chi connectivity index (χ3n) is 2.92. The summed E-state index contributed by atoms with van der Waals surface area (Å²) < 4.78 is 16.4. The largest absolute Gasteiger partial charge is 0.598 e. The second-order valence-corrected chi connectivity index (χ2v) is 8.66. The van der Waals surface area contributed by atoms with Crippen LogP contribution in [0, 0.1) is 0 Å². The van der Waals surface area contributed by atoms with E-state index < -0.39 is 11.4 Å². The molecule has 0 aromatic heterocycles. The lowest BCUT2D eigenvalue weighted by Gasteiger charge is -2.28. The minimum atomic E-state index is -1.04. The highest BCUT2D eigenvalue weighted by Gasteiger charge is 2.29. The van der Waals surface area contributed by atoms with Crippen molar-refractivity contribution in [1.29, 1.82) is 0 Å². The van der Waals surface area contributed by atoms with Gasteiger partial charge in [0.1, 0.15) is 4.75 Å². The monoisotopic (exact) mass is 345 g/mol. The van der Waals surface area contributed by atoms with Crippen molar-refractivity contribution in [2.24, 2.45) is 0 Å². The lowest BCUT2D eigenvalue weighted by atomic mass is 10.0. The number of rotatable bonds is 6. The first-order valence-electron chi connectivity index (χ1n) is 6.78. The second-order valence-electron chi connectivity index (χ2n) is 5.75. The summed E-state index contributed by atoms with van der Waals surface area (Å²) in [6, 6.07) is 8.42. The van der Waals surface area contributed by atoms with Crippen LogP contribution in [0.2, 0.25) is 0 Å². The van der Waals surface area contributed by atoms with E-state index in [9.17, 15) is 4.55 Å². The Morgan fingerprint density at radius 1 is 1.26 bits per heavy atom. The molecule has 0 aliphatic heterocycles. The van der Waals surface area contributed by atoms with Gasteiger partial charge in [0.15, 0.2) is 0 Å². The molecular weight excluding hydrogens is 322 g/mol. The van der Waals surface area contributed by atoms with Crippen molar-refractivity contribution >= 4 is 27.3 Å². The highest BCUT2D eigenvalue weighted by Crippen LogP contribution is 2.25. The highest BCUT2D eigenvalue weighted by atomic mass is 79.9. The predicted octanol–water partition coefficient (Wildman–Crippen LogP) is 4.73. The van der Waals surface area contributed by atoms with Crippen LogP contribution in [-0.2, 0) is 11.4 Å². The molecule has 0 bridgehead atoms. The summed E-state index contributed by atoms with van der Waals surface area (Å²) in [6.45, 7) is 8.16. The zero-order chi connectivity index (χ0) is 14.5. The van der Waals surface area contributed by atoms with Gasteiger partial charge in [-0.1, -0.05) is 47.8 Å². The summed E-state index contributed by atoms with van der Waals surface area (Å²) in [6.07, 6.45) is 3.30. The first-order valence-corrected chi connectivity index (χ1v) is 8.72. The van der Waals surface area contributed by atoms with E-state index in [2.05, 4.69) is 39.7 Å². The summed E-state index contributed by atoms with van der Waals surface area (Å²) >= 11 is 2.41. The molecule has 108 valence electrons. The van der Waals surface area contributed by atoms with E-state index in [-0.39, 0.29) is 10.8 Å². The van der Waals surface area contributed by atoms with Crippen molar-refractivity contribution < 1.29 is 4.55 Å². The first-order chi connectivity index (χ1) is 8.84. The van der Waals surface area contributed by atoms with E-state index >= 15 is 0 Å². The van der Waals surface area contributed by atoms with Crippen LogP contribution >= 0.6 is 15.9 Å². The summed E-state index contributed by atoms with van der Waals surface area (Å²) in [5.41, 5.74) is 1.20. The first kappa shape index (κ1) is 17.0. The molecule has 0 heterocycles. The van der Waals surface area contributed by atoms with Gasteiger partial charge in [-0.15, -0.1) is 4.72 Å². The van der Waals surface area contributed by atoms with Gasteiger partial charge < -0.3 is 4.55 Å². The molecule has 2 nitrogen and oxygen atoms in total. The van der Waals surface area contributed by atoms with Crippen molar-refractivity contribution in [2.45, 2.75) is 57.7 Å². The number of hydrogen-bond donors (Lipinski definition) is 1. The SMILES string of the molecule is CCCCC(N[S+]([O-])C(C)(C)C)c1ccc(Br)cc1. The Bertz CT molecular complexity index is 375.